The molecule has 0 unspecified atom stereocenters. The quantitative estimate of drug-likeness (QED) is 0.543. The SMILES string of the molecule is CCCCCCCC(=O)N1Cc2ccccc2C[C@H]1C(=O)Nc1c(C)cc(C)cc1C. The van der Waals surface area contributed by atoms with E-state index in [1.165, 1.54) is 24.8 Å². The third-order valence-corrected chi connectivity index (χ3v) is 6.29. The van der Waals surface area contributed by atoms with Crippen molar-refractivity contribution in [3.63, 3.8) is 0 Å². The Morgan fingerprint density at radius 2 is 1.61 bits per heavy atom. The predicted octanol–water partition coefficient (Wildman–Crippen LogP) is 5.86. The minimum atomic E-state index is -0.474. The van der Waals surface area contributed by atoms with E-state index >= 15 is 0 Å². The van der Waals surface area contributed by atoms with Gasteiger partial charge in [-0.3, -0.25) is 9.59 Å². The molecule has 0 spiro atoms. The normalized spacial score (nSPS) is 15.5. The number of carbonyl (C=O) groups excluding carboxylic acids is 2. The maximum Gasteiger partial charge on any atom is 0.247 e. The zero-order valence-corrected chi connectivity index (χ0v) is 19.5. The molecule has 1 aliphatic heterocycles. The molecule has 1 atom stereocenters. The van der Waals surface area contributed by atoms with Crippen molar-refractivity contribution < 1.29 is 9.59 Å². The summed E-state index contributed by atoms with van der Waals surface area (Å²) in [5.41, 5.74) is 6.45. The number of amides is 2. The van der Waals surface area contributed by atoms with Crippen molar-refractivity contribution in [2.24, 2.45) is 0 Å². The van der Waals surface area contributed by atoms with Gasteiger partial charge in [0.05, 0.1) is 0 Å². The minimum Gasteiger partial charge on any atom is -0.326 e. The van der Waals surface area contributed by atoms with E-state index in [2.05, 4.69) is 43.4 Å². The van der Waals surface area contributed by atoms with E-state index < -0.39 is 6.04 Å². The number of aryl methyl sites for hydroxylation is 3. The molecule has 31 heavy (non-hydrogen) atoms. The van der Waals surface area contributed by atoms with Crippen LogP contribution in [0.3, 0.4) is 0 Å². The fraction of sp³-hybridized carbons (Fsp3) is 0.481. The van der Waals surface area contributed by atoms with Gasteiger partial charge in [-0.05, 0) is 49.4 Å². The Morgan fingerprint density at radius 1 is 0.968 bits per heavy atom. The molecule has 1 N–H and O–H groups in total. The van der Waals surface area contributed by atoms with Gasteiger partial charge in [0.25, 0.3) is 0 Å². The van der Waals surface area contributed by atoms with Crippen molar-refractivity contribution in [2.45, 2.75) is 85.2 Å². The number of fused-ring (bicyclic) bond motifs is 1. The Balaban J connectivity index is 1.77. The fourth-order valence-electron chi connectivity index (χ4n) is 4.63. The van der Waals surface area contributed by atoms with Crippen LogP contribution in [0.2, 0.25) is 0 Å². The lowest BCUT2D eigenvalue weighted by Crippen LogP contribution is -2.50. The molecular weight excluding hydrogens is 384 g/mol. The smallest absolute Gasteiger partial charge is 0.247 e. The van der Waals surface area contributed by atoms with E-state index in [1.54, 1.807) is 4.90 Å². The second-order valence-corrected chi connectivity index (χ2v) is 8.94. The molecule has 0 saturated carbocycles. The maximum absolute atomic E-state index is 13.4. The van der Waals surface area contributed by atoms with Gasteiger partial charge in [0, 0.05) is 25.1 Å². The summed E-state index contributed by atoms with van der Waals surface area (Å²) in [4.78, 5) is 28.3. The Bertz CT molecular complexity index is 912. The van der Waals surface area contributed by atoms with Gasteiger partial charge in [0.1, 0.15) is 6.04 Å². The first kappa shape index (κ1) is 23.1. The maximum atomic E-state index is 13.4. The van der Waals surface area contributed by atoms with Crippen LogP contribution in [0.4, 0.5) is 5.69 Å². The highest BCUT2D eigenvalue weighted by atomic mass is 16.2. The number of nitrogens with zero attached hydrogens (tertiary/aromatic N) is 1. The van der Waals surface area contributed by atoms with Gasteiger partial charge in [-0.2, -0.15) is 0 Å². The summed E-state index contributed by atoms with van der Waals surface area (Å²) in [5.74, 6) is -0.00705. The molecule has 2 aromatic rings. The summed E-state index contributed by atoms with van der Waals surface area (Å²) in [5, 5.41) is 3.14. The molecule has 0 radical (unpaired) electrons. The van der Waals surface area contributed by atoms with Crippen LogP contribution in [0.5, 0.6) is 0 Å². The molecule has 0 bridgehead atoms. The summed E-state index contributed by atoms with van der Waals surface area (Å²) >= 11 is 0. The van der Waals surface area contributed by atoms with Crippen molar-refractivity contribution in [1.82, 2.24) is 4.90 Å². The average Bonchev–Trinajstić information content (AvgIpc) is 2.74. The van der Waals surface area contributed by atoms with E-state index in [0.717, 1.165) is 40.8 Å². The highest BCUT2D eigenvalue weighted by Crippen LogP contribution is 2.27. The van der Waals surface area contributed by atoms with Crippen molar-refractivity contribution in [2.75, 3.05) is 5.32 Å². The summed E-state index contributed by atoms with van der Waals surface area (Å²) in [6, 6.07) is 11.8. The monoisotopic (exact) mass is 420 g/mol. The number of unbranched alkanes of at least 4 members (excludes halogenated alkanes) is 4. The molecule has 2 amide bonds. The molecule has 4 nitrogen and oxygen atoms in total. The zero-order valence-electron chi connectivity index (χ0n) is 19.5. The topological polar surface area (TPSA) is 49.4 Å². The molecule has 0 saturated heterocycles. The fourth-order valence-corrected chi connectivity index (χ4v) is 4.63. The van der Waals surface area contributed by atoms with Crippen LogP contribution >= 0.6 is 0 Å². The van der Waals surface area contributed by atoms with Gasteiger partial charge < -0.3 is 10.2 Å². The van der Waals surface area contributed by atoms with E-state index in [0.29, 0.717) is 19.4 Å². The highest BCUT2D eigenvalue weighted by Gasteiger charge is 2.34. The van der Waals surface area contributed by atoms with E-state index in [4.69, 9.17) is 0 Å². The molecule has 3 rings (SSSR count). The zero-order chi connectivity index (χ0) is 22.4. The van der Waals surface area contributed by atoms with E-state index in [9.17, 15) is 9.59 Å². The van der Waals surface area contributed by atoms with Crippen LogP contribution in [-0.2, 0) is 22.6 Å². The summed E-state index contributed by atoms with van der Waals surface area (Å²) < 4.78 is 0. The van der Waals surface area contributed by atoms with Gasteiger partial charge in [-0.15, -0.1) is 0 Å². The first-order valence-electron chi connectivity index (χ1n) is 11.7. The van der Waals surface area contributed by atoms with Crippen LogP contribution < -0.4 is 5.32 Å². The van der Waals surface area contributed by atoms with Gasteiger partial charge in [-0.1, -0.05) is 74.6 Å². The van der Waals surface area contributed by atoms with Gasteiger partial charge in [-0.25, -0.2) is 0 Å². The van der Waals surface area contributed by atoms with Crippen LogP contribution in [0.1, 0.15) is 73.3 Å². The summed E-state index contributed by atoms with van der Waals surface area (Å²) in [6.07, 6.45) is 6.61. The van der Waals surface area contributed by atoms with Gasteiger partial charge in [0.15, 0.2) is 0 Å². The predicted molar refractivity (Wildman–Crippen MR) is 127 cm³/mol. The van der Waals surface area contributed by atoms with Crippen molar-refractivity contribution in [3.05, 3.63) is 64.2 Å². The Hall–Kier alpha value is -2.62. The van der Waals surface area contributed by atoms with Crippen molar-refractivity contribution in [1.29, 1.82) is 0 Å². The number of benzene rings is 2. The number of rotatable bonds is 8. The summed E-state index contributed by atoms with van der Waals surface area (Å²) in [6.45, 7) is 8.80. The lowest BCUT2D eigenvalue weighted by Gasteiger charge is -2.36. The van der Waals surface area contributed by atoms with Crippen LogP contribution in [0.15, 0.2) is 36.4 Å². The van der Waals surface area contributed by atoms with E-state index in [-0.39, 0.29) is 11.8 Å². The van der Waals surface area contributed by atoms with E-state index in [1.807, 2.05) is 26.0 Å². The second kappa shape index (κ2) is 10.6. The third-order valence-electron chi connectivity index (χ3n) is 6.29. The third kappa shape index (κ3) is 5.75. The summed E-state index contributed by atoms with van der Waals surface area (Å²) in [7, 11) is 0. The largest absolute Gasteiger partial charge is 0.326 e. The number of anilines is 1. The van der Waals surface area contributed by atoms with Gasteiger partial charge in [0.2, 0.25) is 11.8 Å². The molecule has 0 fully saturated rings. The number of carbonyl (C=O) groups is 2. The average molecular weight is 421 g/mol. The van der Waals surface area contributed by atoms with Crippen molar-refractivity contribution >= 4 is 17.5 Å². The highest BCUT2D eigenvalue weighted by molar-refractivity contribution is 5.98. The van der Waals surface area contributed by atoms with Crippen LogP contribution in [0.25, 0.3) is 0 Å². The first-order chi connectivity index (χ1) is 14.9. The lowest BCUT2D eigenvalue weighted by molar-refractivity contribution is -0.140. The Morgan fingerprint density at radius 3 is 2.29 bits per heavy atom. The Kier molecular flexibility index (Phi) is 7.89. The van der Waals surface area contributed by atoms with Crippen LogP contribution in [0, 0.1) is 20.8 Å². The lowest BCUT2D eigenvalue weighted by atomic mass is 9.92. The molecule has 1 heterocycles. The first-order valence-corrected chi connectivity index (χ1v) is 11.7. The second-order valence-electron chi connectivity index (χ2n) is 8.94. The molecule has 0 aliphatic carbocycles. The van der Waals surface area contributed by atoms with Crippen LogP contribution in [-0.4, -0.2) is 22.8 Å². The minimum absolute atomic E-state index is 0.0866. The van der Waals surface area contributed by atoms with Crippen molar-refractivity contribution in [3.8, 4) is 0 Å². The molecule has 1 aliphatic rings. The molecule has 0 aromatic heterocycles. The molecule has 166 valence electrons. The number of hydrogen-bond donors (Lipinski definition) is 1. The Labute approximate surface area is 187 Å². The number of nitrogens with one attached hydrogen (secondary N) is 1. The molecular formula is C27H36N2O2. The molecule has 4 heteroatoms. The number of hydrogen-bond acceptors (Lipinski definition) is 2. The van der Waals surface area contributed by atoms with Gasteiger partial charge >= 0.3 is 0 Å². The standard InChI is InChI=1S/C27H36N2O2/c1-5-6-7-8-9-14-25(30)29-18-23-13-11-10-12-22(23)17-24(29)27(31)28-26-20(3)15-19(2)16-21(26)4/h10-13,15-16,24H,5-9,14,17-18H2,1-4H3,(H,28,31)/t24-/m0/s1. The molecule has 2 aromatic carbocycles.